The van der Waals surface area contributed by atoms with Crippen LogP contribution in [0.25, 0.3) is 22.5 Å². The summed E-state index contributed by atoms with van der Waals surface area (Å²) in [5.74, 6) is 0.912. The molecule has 0 atom stereocenters. The summed E-state index contributed by atoms with van der Waals surface area (Å²) in [6, 6.07) is 25.5. The van der Waals surface area contributed by atoms with E-state index < -0.39 is 0 Å². The molecule has 0 spiro atoms. The third kappa shape index (κ3) is 6.64. The van der Waals surface area contributed by atoms with Crippen LogP contribution in [0.4, 0.5) is 10.5 Å². The predicted molar refractivity (Wildman–Crippen MR) is 152 cm³/mol. The Bertz CT molecular complexity index is 1300. The van der Waals surface area contributed by atoms with Crippen molar-refractivity contribution in [2.45, 2.75) is 31.5 Å². The highest BCUT2D eigenvalue weighted by atomic mass is 35.5. The fourth-order valence-electron chi connectivity index (χ4n) is 3.86. The Hall–Kier alpha value is -2.93. The fourth-order valence-corrected chi connectivity index (χ4v) is 5.22. The molecule has 0 aliphatic heterocycles. The topological polar surface area (TPSA) is 59.0 Å². The van der Waals surface area contributed by atoms with E-state index in [9.17, 15) is 4.79 Å². The first-order chi connectivity index (χ1) is 17.6. The van der Waals surface area contributed by atoms with Crippen molar-refractivity contribution in [3.05, 3.63) is 88.9 Å². The van der Waals surface area contributed by atoms with Gasteiger partial charge in [-0.2, -0.15) is 0 Å². The highest BCUT2D eigenvalue weighted by Crippen LogP contribution is 2.36. The second-order valence-electron chi connectivity index (χ2n) is 8.13. The lowest BCUT2D eigenvalue weighted by Gasteiger charge is -2.11. The number of hydrogen-bond donors (Lipinski definition) is 2. The van der Waals surface area contributed by atoms with E-state index in [0.717, 1.165) is 52.8 Å². The van der Waals surface area contributed by atoms with Crippen LogP contribution in [0.1, 0.15) is 19.8 Å². The van der Waals surface area contributed by atoms with Gasteiger partial charge in [0.1, 0.15) is 0 Å². The fraction of sp³-hybridized carbons (Fsp3) is 0.214. The molecule has 2 N–H and O–H groups in total. The Labute approximate surface area is 226 Å². The van der Waals surface area contributed by atoms with Crippen molar-refractivity contribution in [3.8, 4) is 22.5 Å². The molecule has 0 saturated heterocycles. The van der Waals surface area contributed by atoms with Crippen molar-refractivity contribution in [1.82, 2.24) is 14.9 Å². The summed E-state index contributed by atoms with van der Waals surface area (Å²) in [7, 11) is 0. The van der Waals surface area contributed by atoms with Gasteiger partial charge in [-0.05, 0) is 38.0 Å². The van der Waals surface area contributed by atoms with Crippen molar-refractivity contribution in [2.75, 3.05) is 17.6 Å². The smallest absolute Gasteiger partial charge is 0.319 e. The van der Waals surface area contributed by atoms with Crippen LogP contribution >= 0.6 is 35.0 Å². The molecule has 1 aromatic heterocycles. The number of hydrogen-bond acceptors (Lipinski definition) is 3. The molecule has 2 amide bonds. The maximum absolute atomic E-state index is 12.1. The summed E-state index contributed by atoms with van der Waals surface area (Å²) in [6.07, 6.45) is 1.82. The molecule has 186 valence electrons. The monoisotopic (exact) mass is 538 g/mol. The molecule has 0 aliphatic rings. The van der Waals surface area contributed by atoms with Crippen molar-refractivity contribution in [3.63, 3.8) is 0 Å². The highest BCUT2D eigenvalue weighted by molar-refractivity contribution is 7.99. The minimum atomic E-state index is -0.262. The van der Waals surface area contributed by atoms with E-state index in [4.69, 9.17) is 28.2 Å². The number of carbonyl (C=O) groups excluding carboxylic acids is 1. The Kier molecular flexibility index (Phi) is 9.34. The maximum atomic E-state index is 12.1. The Morgan fingerprint density at radius 3 is 2.28 bits per heavy atom. The summed E-state index contributed by atoms with van der Waals surface area (Å²) in [5, 5.41) is 7.53. The van der Waals surface area contributed by atoms with Gasteiger partial charge in [0.2, 0.25) is 0 Å². The number of imidazole rings is 1. The number of carbonyl (C=O) groups is 1. The van der Waals surface area contributed by atoms with Gasteiger partial charge < -0.3 is 15.2 Å². The van der Waals surface area contributed by atoms with Crippen molar-refractivity contribution >= 4 is 46.7 Å². The van der Waals surface area contributed by atoms with Crippen LogP contribution in [0, 0.1) is 0 Å². The number of aromatic nitrogens is 2. The van der Waals surface area contributed by atoms with Gasteiger partial charge in [0.05, 0.1) is 21.4 Å². The Balaban J connectivity index is 1.34. The molecule has 1 heterocycles. The molecule has 5 nitrogen and oxygen atoms in total. The van der Waals surface area contributed by atoms with Crippen LogP contribution < -0.4 is 10.6 Å². The molecule has 0 fully saturated rings. The molecular formula is C28H28Cl2N4OS. The second kappa shape index (κ2) is 12.9. The first-order valence-corrected chi connectivity index (χ1v) is 13.6. The summed E-state index contributed by atoms with van der Waals surface area (Å²) in [4.78, 5) is 17.2. The summed E-state index contributed by atoms with van der Waals surface area (Å²) >= 11 is 13.7. The number of anilines is 1. The van der Waals surface area contributed by atoms with Crippen LogP contribution in [0.2, 0.25) is 10.0 Å². The van der Waals surface area contributed by atoms with Gasteiger partial charge in [-0.1, -0.05) is 95.6 Å². The summed E-state index contributed by atoms with van der Waals surface area (Å²) < 4.78 is 2.30. The van der Waals surface area contributed by atoms with Crippen molar-refractivity contribution in [1.29, 1.82) is 0 Å². The van der Waals surface area contributed by atoms with E-state index in [1.807, 2.05) is 24.3 Å². The minimum absolute atomic E-state index is 0.262. The van der Waals surface area contributed by atoms with Gasteiger partial charge in [0.15, 0.2) is 5.16 Å². The third-order valence-corrected chi connectivity index (χ3v) is 7.41. The first kappa shape index (κ1) is 26.1. The second-order valence-corrected chi connectivity index (χ2v) is 10.0. The quantitative estimate of drug-likeness (QED) is 0.158. The number of halogens is 2. The van der Waals surface area contributed by atoms with Gasteiger partial charge >= 0.3 is 6.03 Å². The van der Waals surface area contributed by atoms with E-state index in [-0.39, 0.29) is 6.03 Å². The molecule has 0 bridgehead atoms. The van der Waals surface area contributed by atoms with Crippen LogP contribution in [0.5, 0.6) is 0 Å². The molecule has 8 heteroatoms. The Morgan fingerprint density at radius 1 is 0.917 bits per heavy atom. The van der Waals surface area contributed by atoms with Gasteiger partial charge in [-0.15, -0.1) is 0 Å². The largest absolute Gasteiger partial charge is 0.338 e. The lowest BCUT2D eigenvalue weighted by Crippen LogP contribution is -2.29. The predicted octanol–water partition coefficient (Wildman–Crippen LogP) is 8.24. The van der Waals surface area contributed by atoms with E-state index >= 15 is 0 Å². The number of urea groups is 1. The Morgan fingerprint density at radius 2 is 1.61 bits per heavy atom. The number of amides is 2. The number of unbranched alkanes of at least 4 members (excludes halogenated alkanes) is 1. The summed E-state index contributed by atoms with van der Waals surface area (Å²) in [6.45, 7) is 3.58. The SMILES string of the molecule is CCn1c(SCCCCNC(=O)Nc2ccc(Cl)c(Cl)c2)nc(-c2ccccc2)c1-c1ccccc1. The van der Waals surface area contributed by atoms with E-state index in [1.165, 1.54) is 0 Å². The lowest BCUT2D eigenvalue weighted by molar-refractivity contribution is 0.252. The molecule has 3 aromatic carbocycles. The van der Waals surface area contributed by atoms with E-state index in [0.29, 0.717) is 22.3 Å². The van der Waals surface area contributed by atoms with Crippen molar-refractivity contribution < 1.29 is 4.79 Å². The number of nitrogens with zero attached hydrogens (tertiary/aromatic N) is 2. The highest BCUT2D eigenvalue weighted by Gasteiger charge is 2.19. The van der Waals surface area contributed by atoms with E-state index in [1.54, 1.807) is 30.0 Å². The third-order valence-electron chi connectivity index (χ3n) is 5.61. The number of rotatable bonds is 10. The number of thioether (sulfide) groups is 1. The molecule has 4 rings (SSSR count). The van der Waals surface area contributed by atoms with Crippen LogP contribution in [-0.2, 0) is 6.54 Å². The van der Waals surface area contributed by atoms with Crippen LogP contribution in [0.15, 0.2) is 84.0 Å². The van der Waals surface area contributed by atoms with Gasteiger partial charge in [-0.3, -0.25) is 0 Å². The number of nitrogens with one attached hydrogen (secondary N) is 2. The maximum Gasteiger partial charge on any atom is 0.319 e. The average molecular weight is 540 g/mol. The molecule has 0 saturated carbocycles. The zero-order valence-electron chi connectivity index (χ0n) is 20.0. The van der Waals surface area contributed by atoms with Gasteiger partial charge in [0.25, 0.3) is 0 Å². The average Bonchev–Trinajstić information content (AvgIpc) is 3.27. The molecule has 4 aromatic rings. The molecule has 0 aliphatic carbocycles. The van der Waals surface area contributed by atoms with Gasteiger partial charge in [-0.25, -0.2) is 9.78 Å². The van der Waals surface area contributed by atoms with E-state index in [2.05, 4.69) is 58.5 Å². The zero-order valence-corrected chi connectivity index (χ0v) is 22.3. The van der Waals surface area contributed by atoms with Gasteiger partial charge in [0, 0.05) is 35.7 Å². The van der Waals surface area contributed by atoms with Crippen LogP contribution in [-0.4, -0.2) is 27.9 Å². The first-order valence-electron chi connectivity index (χ1n) is 11.9. The normalized spacial score (nSPS) is 10.9. The summed E-state index contributed by atoms with van der Waals surface area (Å²) in [5.41, 5.74) is 5.03. The zero-order chi connectivity index (χ0) is 25.3. The standard InChI is InChI=1S/C28H28Cl2N4OS/c1-2-34-26(21-13-7-4-8-14-21)25(20-11-5-3-6-12-20)33-28(34)36-18-10-9-17-31-27(35)32-22-15-16-23(29)24(30)19-22/h3-8,11-16,19H,2,9-10,17-18H2,1H3,(H2,31,32,35). The molecule has 0 radical (unpaired) electrons. The minimum Gasteiger partial charge on any atom is -0.338 e. The van der Waals surface area contributed by atoms with Crippen LogP contribution in [0.3, 0.4) is 0 Å². The molecular weight excluding hydrogens is 511 g/mol. The molecule has 0 unspecified atom stereocenters. The lowest BCUT2D eigenvalue weighted by atomic mass is 10.0. The van der Waals surface area contributed by atoms with Crippen molar-refractivity contribution in [2.24, 2.45) is 0 Å². The number of benzene rings is 3. The molecule has 36 heavy (non-hydrogen) atoms.